The van der Waals surface area contributed by atoms with Crippen molar-refractivity contribution >= 4 is 27.3 Å². The standard InChI is InChI=1S/C9H10BrN3OS/c1-11-5-4-8-12-13-9(15-8)6-2-3-7(10)14-6/h2-3,11H,4-5H2,1H3. The summed E-state index contributed by atoms with van der Waals surface area (Å²) in [5.41, 5.74) is 0. The van der Waals surface area contributed by atoms with Crippen LogP contribution in [0.25, 0.3) is 10.8 Å². The Morgan fingerprint density at radius 2 is 2.33 bits per heavy atom. The number of nitrogens with zero attached hydrogens (tertiary/aromatic N) is 2. The van der Waals surface area contributed by atoms with Crippen LogP contribution in [0, 0.1) is 0 Å². The molecule has 2 aromatic rings. The van der Waals surface area contributed by atoms with Crippen molar-refractivity contribution in [2.24, 2.45) is 0 Å². The Morgan fingerprint density at radius 3 is 3.00 bits per heavy atom. The fourth-order valence-electron chi connectivity index (χ4n) is 1.12. The summed E-state index contributed by atoms with van der Waals surface area (Å²) in [5.74, 6) is 0.759. The molecular weight excluding hydrogens is 278 g/mol. The average molecular weight is 288 g/mol. The van der Waals surface area contributed by atoms with Crippen molar-refractivity contribution < 1.29 is 4.42 Å². The molecule has 0 fully saturated rings. The van der Waals surface area contributed by atoms with Crippen molar-refractivity contribution in [2.75, 3.05) is 13.6 Å². The van der Waals surface area contributed by atoms with Crippen molar-refractivity contribution in [3.8, 4) is 10.8 Å². The molecule has 80 valence electrons. The minimum Gasteiger partial charge on any atom is -0.447 e. The fourth-order valence-corrected chi connectivity index (χ4v) is 2.22. The Morgan fingerprint density at radius 1 is 1.47 bits per heavy atom. The Labute approximate surface area is 99.8 Å². The summed E-state index contributed by atoms with van der Waals surface area (Å²) in [6.07, 6.45) is 0.899. The molecule has 4 nitrogen and oxygen atoms in total. The highest BCUT2D eigenvalue weighted by atomic mass is 79.9. The molecule has 2 heterocycles. The van der Waals surface area contributed by atoms with E-state index in [-0.39, 0.29) is 0 Å². The van der Waals surface area contributed by atoms with Gasteiger partial charge in [-0.1, -0.05) is 11.3 Å². The molecule has 0 aromatic carbocycles. The summed E-state index contributed by atoms with van der Waals surface area (Å²) in [5, 5.41) is 13.1. The van der Waals surface area contributed by atoms with Gasteiger partial charge in [0.25, 0.3) is 0 Å². The molecule has 0 aliphatic rings. The largest absolute Gasteiger partial charge is 0.447 e. The van der Waals surface area contributed by atoms with Gasteiger partial charge >= 0.3 is 0 Å². The Hall–Kier alpha value is -0.720. The molecule has 0 aliphatic heterocycles. The second-order valence-corrected chi connectivity index (χ2v) is 4.80. The van der Waals surface area contributed by atoms with E-state index in [9.17, 15) is 0 Å². The molecule has 0 radical (unpaired) electrons. The number of hydrogen-bond donors (Lipinski definition) is 1. The lowest BCUT2D eigenvalue weighted by atomic mass is 10.4. The highest BCUT2D eigenvalue weighted by molar-refractivity contribution is 9.10. The summed E-state index contributed by atoms with van der Waals surface area (Å²) >= 11 is 4.82. The van der Waals surface area contributed by atoms with E-state index in [2.05, 4.69) is 31.4 Å². The maximum Gasteiger partial charge on any atom is 0.183 e. The lowest BCUT2D eigenvalue weighted by molar-refractivity contribution is 0.554. The molecule has 15 heavy (non-hydrogen) atoms. The number of furan rings is 1. The zero-order chi connectivity index (χ0) is 10.7. The van der Waals surface area contributed by atoms with Crippen LogP contribution in [0.5, 0.6) is 0 Å². The van der Waals surface area contributed by atoms with Crippen molar-refractivity contribution in [3.63, 3.8) is 0 Å². The number of hydrogen-bond acceptors (Lipinski definition) is 5. The summed E-state index contributed by atoms with van der Waals surface area (Å²) < 4.78 is 6.11. The third-order valence-corrected chi connectivity index (χ3v) is 3.26. The van der Waals surface area contributed by atoms with Crippen LogP contribution < -0.4 is 5.32 Å². The van der Waals surface area contributed by atoms with E-state index in [1.165, 1.54) is 0 Å². The van der Waals surface area contributed by atoms with Gasteiger partial charge in [-0.2, -0.15) is 0 Å². The average Bonchev–Trinajstić information content (AvgIpc) is 2.83. The van der Waals surface area contributed by atoms with Crippen LogP contribution in [0.2, 0.25) is 0 Å². The van der Waals surface area contributed by atoms with E-state index in [1.807, 2.05) is 19.2 Å². The van der Waals surface area contributed by atoms with Gasteiger partial charge in [0, 0.05) is 13.0 Å². The predicted octanol–water partition coefficient (Wildman–Crippen LogP) is 2.32. The second-order valence-electron chi connectivity index (χ2n) is 2.96. The van der Waals surface area contributed by atoms with E-state index in [4.69, 9.17) is 4.42 Å². The molecule has 1 N–H and O–H groups in total. The van der Waals surface area contributed by atoms with Gasteiger partial charge in [0.15, 0.2) is 15.4 Å². The van der Waals surface area contributed by atoms with Gasteiger partial charge in [0.1, 0.15) is 5.01 Å². The fraction of sp³-hybridized carbons (Fsp3) is 0.333. The molecule has 0 aliphatic carbocycles. The summed E-state index contributed by atoms with van der Waals surface area (Å²) in [7, 11) is 1.92. The van der Waals surface area contributed by atoms with Crippen LogP contribution in [-0.4, -0.2) is 23.8 Å². The molecule has 0 bridgehead atoms. The summed E-state index contributed by atoms with van der Waals surface area (Å²) in [4.78, 5) is 0. The van der Waals surface area contributed by atoms with Crippen LogP contribution in [0.3, 0.4) is 0 Å². The van der Waals surface area contributed by atoms with Crippen LogP contribution >= 0.6 is 27.3 Å². The normalized spacial score (nSPS) is 10.8. The summed E-state index contributed by atoms with van der Waals surface area (Å²) in [6, 6.07) is 3.73. The summed E-state index contributed by atoms with van der Waals surface area (Å²) in [6.45, 7) is 0.913. The van der Waals surface area contributed by atoms with Crippen molar-refractivity contribution in [1.29, 1.82) is 0 Å². The van der Waals surface area contributed by atoms with Crippen LogP contribution in [0.15, 0.2) is 21.2 Å². The third-order valence-electron chi connectivity index (χ3n) is 1.84. The number of aromatic nitrogens is 2. The van der Waals surface area contributed by atoms with Crippen LogP contribution in [0.4, 0.5) is 0 Å². The molecule has 6 heteroatoms. The van der Waals surface area contributed by atoms with Crippen LogP contribution in [0.1, 0.15) is 5.01 Å². The zero-order valence-electron chi connectivity index (χ0n) is 8.16. The number of halogens is 1. The number of rotatable bonds is 4. The maximum atomic E-state index is 5.40. The Balaban J connectivity index is 2.13. The minimum atomic E-state index is 0.712. The van der Waals surface area contributed by atoms with Gasteiger partial charge in [-0.15, -0.1) is 10.2 Å². The van der Waals surface area contributed by atoms with Gasteiger partial charge in [-0.05, 0) is 35.1 Å². The second kappa shape index (κ2) is 4.87. The highest BCUT2D eigenvalue weighted by Gasteiger charge is 2.09. The molecule has 0 atom stereocenters. The van der Waals surface area contributed by atoms with Gasteiger partial charge in [-0.3, -0.25) is 0 Å². The zero-order valence-corrected chi connectivity index (χ0v) is 10.6. The predicted molar refractivity (Wildman–Crippen MR) is 62.9 cm³/mol. The van der Waals surface area contributed by atoms with E-state index >= 15 is 0 Å². The molecule has 0 spiro atoms. The number of nitrogens with one attached hydrogen (secondary N) is 1. The quantitative estimate of drug-likeness (QED) is 0.938. The SMILES string of the molecule is CNCCc1nnc(-c2ccc(Br)o2)s1. The Kier molecular flexibility index (Phi) is 3.50. The van der Waals surface area contributed by atoms with Gasteiger partial charge in [0.2, 0.25) is 0 Å². The molecule has 2 rings (SSSR count). The smallest absolute Gasteiger partial charge is 0.183 e. The van der Waals surface area contributed by atoms with Crippen molar-refractivity contribution in [3.05, 3.63) is 21.8 Å². The first-order chi connectivity index (χ1) is 7.29. The van der Waals surface area contributed by atoms with Gasteiger partial charge in [0.05, 0.1) is 0 Å². The molecular formula is C9H10BrN3OS. The lowest BCUT2D eigenvalue weighted by Gasteiger charge is -1.91. The van der Waals surface area contributed by atoms with Crippen molar-refractivity contribution in [2.45, 2.75) is 6.42 Å². The molecule has 0 saturated heterocycles. The Bertz CT molecular complexity index is 440. The van der Waals surface area contributed by atoms with E-state index in [0.717, 1.165) is 28.7 Å². The van der Waals surface area contributed by atoms with E-state index in [0.29, 0.717) is 4.67 Å². The monoisotopic (exact) mass is 287 g/mol. The van der Waals surface area contributed by atoms with Gasteiger partial charge in [-0.25, -0.2) is 0 Å². The van der Waals surface area contributed by atoms with E-state index in [1.54, 1.807) is 11.3 Å². The number of likely N-dealkylation sites (N-methyl/N-ethyl adjacent to an activating group) is 1. The van der Waals surface area contributed by atoms with Crippen molar-refractivity contribution in [1.82, 2.24) is 15.5 Å². The first-order valence-electron chi connectivity index (χ1n) is 4.52. The van der Waals surface area contributed by atoms with E-state index < -0.39 is 0 Å². The highest BCUT2D eigenvalue weighted by Crippen LogP contribution is 2.27. The molecule has 0 amide bonds. The first kappa shape index (κ1) is 10.8. The lowest BCUT2D eigenvalue weighted by Crippen LogP contribution is -2.09. The maximum absolute atomic E-state index is 5.40. The molecule has 2 aromatic heterocycles. The minimum absolute atomic E-state index is 0.712. The first-order valence-corrected chi connectivity index (χ1v) is 6.13. The molecule has 0 unspecified atom stereocenters. The van der Waals surface area contributed by atoms with Crippen LogP contribution in [-0.2, 0) is 6.42 Å². The molecule has 0 saturated carbocycles. The van der Waals surface area contributed by atoms with Gasteiger partial charge < -0.3 is 9.73 Å². The topological polar surface area (TPSA) is 51.0 Å². The third kappa shape index (κ3) is 2.64.